The van der Waals surface area contributed by atoms with Crippen LogP contribution in [0.4, 0.5) is 0 Å². The van der Waals surface area contributed by atoms with Crippen LogP contribution in [0.1, 0.15) is 11.1 Å². The van der Waals surface area contributed by atoms with Crippen molar-refractivity contribution in [3.63, 3.8) is 0 Å². The predicted molar refractivity (Wildman–Crippen MR) is 174 cm³/mol. The molecule has 0 atom stereocenters. The minimum absolute atomic E-state index is 0.338. The average molecular weight is 652 g/mol. The molecule has 0 unspecified atom stereocenters. The van der Waals surface area contributed by atoms with Crippen LogP contribution >= 0.6 is 34.8 Å². The third-order valence-corrected chi connectivity index (χ3v) is 10.2. The second-order valence-corrected chi connectivity index (χ2v) is 23.9. The Morgan fingerprint density at radius 1 is 0.854 bits per heavy atom. The van der Waals surface area contributed by atoms with E-state index in [1.165, 1.54) is 18.4 Å². The maximum Gasteiger partial charge on any atom is 0.143 e. The Kier molecular flexibility index (Phi) is 13.8. The lowest BCUT2D eigenvalue weighted by Gasteiger charge is -2.15. The average Bonchev–Trinajstić information content (AvgIpc) is 3.55. The highest BCUT2D eigenvalue weighted by molar-refractivity contribution is 6.76. The molecule has 0 amide bonds. The van der Waals surface area contributed by atoms with Gasteiger partial charge in [-0.05, 0) is 24.2 Å². The highest BCUT2D eigenvalue weighted by atomic mass is 35.5. The topological polar surface area (TPSA) is 113 Å². The van der Waals surface area contributed by atoms with E-state index >= 15 is 0 Å². The number of rotatable bonds is 9. The molecule has 0 aliphatic rings. The molecule has 4 aromatic rings. The van der Waals surface area contributed by atoms with Crippen molar-refractivity contribution in [2.24, 2.45) is 0 Å². The van der Waals surface area contributed by atoms with Crippen LogP contribution in [-0.2, 0) is 16.2 Å². The fourth-order valence-electron chi connectivity index (χ4n) is 3.32. The van der Waals surface area contributed by atoms with Gasteiger partial charge in [0.05, 0.1) is 21.2 Å². The molecule has 4 heterocycles. The number of nitrogens with one attached hydrogen (secondary N) is 1. The monoisotopic (exact) mass is 650 g/mol. The zero-order chi connectivity index (χ0) is 30.6. The molecule has 0 fully saturated rings. The van der Waals surface area contributed by atoms with Gasteiger partial charge in [0.25, 0.3) is 0 Å². The molecular weight excluding hydrogens is 615 g/mol. The minimum atomic E-state index is -1.06. The summed E-state index contributed by atoms with van der Waals surface area (Å²) in [5.41, 5.74) is 2.27. The standard InChI is InChI=1S/C14H18ClN3OSi.C8H4ClN3.C6H15ClOSi/c1-20(2,3)7-6-19-10-18-5-4-12-13(15)11(8-16)9-17-14(12)18;9-7-5(3-10)4-12-8-6(7)1-2-11-8;1-9(2,3)5-4-8-6-7/h4-5,9H,6-7,10H2,1-3H3;1-2,4H,(H,11,12);4-6H2,1-3H3. The Bertz CT molecular complexity index is 1500. The number of nitrogens with zero attached hydrogens (tertiary/aromatic N) is 5. The lowest BCUT2D eigenvalue weighted by molar-refractivity contribution is 0.0899. The van der Waals surface area contributed by atoms with Crippen LogP contribution in [-0.4, -0.2) is 54.9 Å². The molecule has 0 spiro atoms. The Morgan fingerprint density at radius 2 is 1.41 bits per heavy atom. The summed E-state index contributed by atoms with van der Waals surface area (Å²) >= 11 is 17.4. The first-order valence-electron chi connectivity index (χ1n) is 13.1. The quantitative estimate of drug-likeness (QED) is 0.110. The number of hydrogen-bond donors (Lipinski definition) is 1. The summed E-state index contributed by atoms with van der Waals surface area (Å²) in [5, 5.41) is 20.1. The third kappa shape index (κ3) is 11.4. The molecule has 0 radical (unpaired) electrons. The summed E-state index contributed by atoms with van der Waals surface area (Å²) in [7, 11) is -1.94. The molecule has 220 valence electrons. The predicted octanol–water partition coefficient (Wildman–Crippen LogP) is 8.50. The van der Waals surface area contributed by atoms with Crippen molar-refractivity contribution in [2.75, 3.05) is 19.3 Å². The van der Waals surface area contributed by atoms with E-state index in [0.717, 1.165) is 35.7 Å². The Hall–Kier alpha value is -2.42. The van der Waals surface area contributed by atoms with Crippen LogP contribution in [0.5, 0.6) is 0 Å². The Balaban J connectivity index is 0.000000238. The number of halogens is 3. The van der Waals surface area contributed by atoms with Gasteiger partial charge >= 0.3 is 0 Å². The van der Waals surface area contributed by atoms with Gasteiger partial charge < -0.3 is 19.0 Å². The van der Waals surface area contributed by atoms with E-state index in [4.69, 9.17) is 54.8 Å². The van der Waals surface area contributed by atoms with Crippen molar-refractivity contribution in [3.8, 4) is 12.1 Å². The van der Waals surface area contributed by atoms with Crippen LogP contribution in [0.2, 0.25) is 61.4 Å². The van der Waals surface area contributed by atoms with E-state index in [2.05, 4.69) is 54.2 Å². The van der Waals surface area contributed by atoms with Crippen LogP contribution in [0.3, 0.4) is 0 Å². The van der Waals surface area contributed by atoms with Gasteiger partial charge in [-0.2, -0.15) is 10.5 Å². The lowest BCUT2D eigenvalue weighted by Crippen LogP contribution is -2.22. The van der Waals surface area contributed by atoms with Gasteiger partial charge in [0.2, 0.25) is 0 Å². The van der Waals surface area contributed by atoms with Crippen LogP contribution in [0.15, 0.2) is 36.9 Å². The largest absolute Gasteiger partial charge is 0.366 e. The van der Waals surface area contributed by atoms with Gasteiger partial charge in [-0.3, -0.25) is 0 Å². The molecule has 1 N–H and O–H groups in total. The van der Waals surface area contributed by atoms with Gasteiger partial charge in [0.1, 0.15) is 36.2 Å². The molecule has 0 saturated carbocycles. The molecule has 8 nitrogen and oxygen atoms in total. The number of pyridine rings is 2. The minimum Gasteiger partial charge on any atom is -0.366 e. The van der Waals surface area contributed by atoms with Crippen LogP contribution < -0.4 is 0 Å². The van der Waals surface area contributed by atoms with Crippen molar-refractivity contribution < 1.29 is 9.47 Å². The van der Waals surface area contributed by atoms with Gasteiger partial charge in [0.15, 0.2) is 0 Å². The second-order valence-electron chi connectivity index (χ2n) is 11.6. The molecule has 0 aromatic carbocycles. The number of aromatic nitrogens is 4. The SMILES string of the molecule is C[Si](C)(C)CCOCCl.C[Si](C)(C)CCOCn1ccc2c(Cl)c(C#N)cnc21.N#Cc1cnc2[nH]ccc2c1Cl. The second kappa shape index (κ2) is 16.3. The molecule has 0 bridgehead atoms. The molecule has 0 aliphatic heterocycles. The molecule has 13 heteroatoms. The first kappa shape index (κ1) is 34.8. The Morgan fingerprint density at radius 3 is 1.98 bits per heavy atom. The van der Waals surface area contributed by atoms with Crippen molar-refractivity contribution in [1.82, 2.24) is 19.5 Å². The summed E-state index contributed by atoms with van der Waals surface area (Å²) in [6.45, 7) is 16.0. The highest BCUT2D eigenvalue weighted by Gasteiger charge is 2.14. The molecule has 0 aliphatic carbocycles. The number of H-pyrrole nitrogens is 1. The molecule has 4 rings (SSSR count). The molecule has 0 saturated heterocycles. The maximum absolute atomic E-state index is 8.93. The smallest absolute Gasteiger partial charge is 0.143 e. The van der Waals surface area contributed by atoms with Gasteiger partial charge in [0, 0.05) is 64.9 Å². The van der Waals surface area contributed by atoms with Crippen LogP contribution in [0.25, 0.3) is 22.1 Å². The van der Waals surface area contributed by atoms with E-state index in [-0.39, 0.29) is 0 Å². The fraction of sp³-hybridized carbons (Fsp3) is 0.429. The van der Waals surface area contributed by atoms with Crippen molar-refractivity contribution in [2.45, 2.75) is 58.1 Å². The maximum atomic E-state index is 8.93. The number of alkyl halides is 1. The first-order valence-corrected chi connectivity index (χ1v) is 21.8. The van der Waals surface area contributed by atoms with E-state index in [1.807, 2.05) is 29.0 Å². The Labute approximate surface area is 259 Å². The summed E-state index contributed by atoms with van der Waals surface area (Å²) in [6, 6.07) is 10.4. The fourth-order valence-corrected chi connectivity index (χ4v) is 5.42. The number of nitriles is 2. The first-order chi connectivity index (χ1) is 19.3. The van der Waals surface area contributed by atoms with E-state index in [1.54, 1.807) is 12.3 Å². The van der Waals surface area contributed by atoms with Gasteiger partial charge in [-0.15, -0.1) is 0 Å². The van der Waals surface area contributed by atoms with Crippen LogP contribution in [0, 0.1) is 22.7 Å². The zero-order valence-corrected chi connectivity index (χ0v) is 28.7. The van der Waals surface area contributed by atoms with E-state index < -0.39 is 16.1 Å². The van der Waals surface area contributed by atoms with E-state index in [9.17, 15) is 0 Å². The number of hydrogen-bond acceptors (Lipinski definition) is 6. The normalized spacial score (nSPS) is 11.3. The van der Waals surface area contributed by atoms with Crippen molar-refractivity contribution in [1.29, 1.82) is 10.5 Å². The summed E-state index contributed by atoms with van der Waals surface area (Å²) in [5.74, 6) is 0. The summed E-state index contributed by atoms with van der Waals surface area (Å²) < 4.78 is 12.6. The summed E-state index contributed by atoms with van der Waals surface area (Å²) in [6.07, 6.45) is 6.59. The lowest BCUT2D eigenvalue weighted by atomic mass is 10.2. The zero-order valence-electron chi connectivity index (χ0n) is 24.4. The highest BCUT2D eigenvalue weighted by Crippen LogP contribution is 2.26. The van der Waals surface area contributed by atoms with Gasteiger partial charge in [-0.1, -0.05) is 74.1 Å². The molecule has 41 heavy (non-hydrogen) atoms. The third-order valence-electron chi connectivity index (χ3n) is 5.79. The number of aromatic amines is 1. The van der Waals surface area contributed by atoms with Gasteiger partial charge in [-0.25, -0.2) is 9.97 Å². The van der Waals surface area contributed by atoms with E-state index in [0.29, 0.717) is 39.6 Å². The summed E-state index contributed by atoms with van der Waals surface area (Å²) in [4.78, 5) is 11.2. The number of ether oxygens (including phenoxy) is 2. The van der Waals surface area contributed by atoms with Crippen molar-refractivity contribution >= 4 is 73.0 Å². The molecular formula is C28H37Cl3N6O2Si2. The molecule has 4 aromatic heterocycles. The number of fused-ring (bicyclic) bond motifs is 2. The van der Waals surface area contributed by atoms with Crippen molar-refractivity contribution in [3.05, 3.63) is 58.1 Å².